The first kappa shape index (κ1) is 18.5. The molecule has 0 spiro atoms. The Morgan fingerprint density at radius 3 is 2.35 bits per heavy atom. The van der Waals surface area contributed by atoms with E-state index in [1.54, 1.807) is 13.0 Å². The van der Waals surface area contributed by atoms with Crippen LogP contribution in [0.2, 0.25) is 0 Å². The molecule has 0 bridgehead atoms. The Morgan fingerprint density at radius 2 is 1.87 bits per heavy atom. The maximum Gasteiger partial charge on any atom is 0.431 e. The second kappa shape index (κ2) is 7.66. The fourth-order valence-electron chi connectivity index (χ4n) is 1.73. The first-order chi connectivity index (χ1) is 10.7. The van der Waals surface area contributed by atoms with E-state index < -0.39 is 23.8 Å². The lowest BCUT2D eigenvalue weighted by atomic mass is 10.1. The second-order valence-corrected chi connectivity index (χ2v) is 4.61. The van der Waals surface area contributed by atoms with E-state index in [2.05, 4.69) is 14.8 Å². The van der Waals surface area contributed by atoms with Gasteiger partial charge in [-0.2, -0.15) is 13.2 Å². The Balaban J connectivity index is 3.04. The summed E-state index contributed by atoms with van der Waals surface area (Å²) in [6, 6.07) is 4.45. The molecule has 0 saturated heterocycles. The number of allylic oxidation sites excluding steroid dienone is 1. The van der Waals surface area contributed by atoms with Gasteiger partial charge in [0.25, 0.3) is 0 Å². The van der Waals surface area contributed by atoms with Crippen LogP contribution in [0, 0.1) is 6.92 Å². The molecule has 8 heteroatoms. The van der Waals surface area contributed by atoms with E-state index >= 15 is 0 Å². The van der Waals surface area contributed by atoms with Gasteiger partial charge in [0, 0.05) is 5.69 Å². The van der Waals surface area contributed by atoms with E-state index in [1.807, 2.05) is 0 Å². The Morgan fingerprint density at radius 1 is 1.22 bits per heavy atom. The maximum absolute atomic E-state index is 12.9. The number of alkyl halides is 3. The minimum atomic E-state index is -4.74. The molecule has 1 aromatic carbocycles. The SMILES string of the molecule is COC(=O)C=C(Nc1ccc(CC(=O)OC)cc1C)C(F)(F)F. The van der Waals surface area contributed by atoms with Crippen LogP contribution in [-0.2, 0) is 25.5 Å². The van der Waals surface area contributed by atoms with Crippen molar-refractivity contribution in [3.8, 4) is 0 Å². The molecule has 0 aliphatic carbocycles. The highest BCUT2D eigenvalue weighted by Gasteiger charge is 2.35. The van der Waals surface area contributed by atoms with Crippen LogP contribution in [0.25, 0.3) is 0 Å². The van der Waals surface area contributed by atoms with Gasteiger partial charge in [-0.15, -0.1) is 0 Å². The van der Waals surface area contributed by atoms with E-state index in [0.717, 1.165) is 7.11 Å². The van der Waals surface area contributed by atoms with Crippen molar-refractivity contribution in [1.29, 1.82) is 0 Å². The molecule has 0 aromatic heterocycles. The molecule has 0 amide bonds. The summed E-state index contributed by atoms with van der Waals surface area (Å²) in [7, 11) is 2.23. The highest BCUT2D eigenvalue weighted by Crippen LogP contribution is 2.28. The van der Waals surface area contributed by atoms with Crippen molar-refractivity contribution in [2.75, 3.05) is 19.5 Å². The van der Waals surface area contributed by atoms with Crippen molar-refractivity contribution in [2.45, 2.75) is 19.5 Å². The number of ether oxygens (including phenoxy) is 2. The molecule has 126 valence electrons. The van der Waals surface area contributed by atoms with Crippen LogP contribution in [0.1, 0.15) is 11.1 Å². The van der Waals surface area contributed by atoms with Crippen LogP contribution in [0.4, 0.5) is 18.9 Å². The molecule has 0 radical (unpaired) electrons. The van der Waals surface area contributed by atoms with Gasteiger partial charge in [0.15, 0.2) is 0 Å². The number of benzene rings is 1. The Labute approximate surface area is 131 Å². The summed E-state index contributed by atoms with van der Waals surface area (Å²) >= 11 is 0. The Kier molecular flexibility index (Phi) is 6.18. The molecule has 23 heavy (non-hydrogen) atoms. The molecule has 0 aliphatic heterocycles. The number of aryl methyl sites for hydroxylation is 1. The van der Waals surface area contributed by atoms with Gasteiger partial charge in [0.1, 0.15) is 5.70 Å². The smallest absolute Gasteiger partial charge is 0.431 e. The van der Waals surface area contributed by atoms with Crippen molar-refractivity contribution >= 4 is 17.6 Å². The minimum absolute atomic E-state index is 0.0156. The third-order valence-corrected chi connectivity index (χ3v) is 2.91. The van der Waals surface area contributed by atoms with E-state index in [1.165, 1.54) is 19.2 Å². The molecule has 1 aromatic rings. The lowest BCUT2D eigenvalue weighted by molar-refractivity contribution is -0.139. The number of hydrogen-bond donors (Lipinski definition) is 1. The average Bonchev–Trinajstić information content (AvgIpc) is 2.47. The first-order valence-electron chi connectivity index (χ1n) is 6.47. The normalized spacial score (nSPS) is 11.8. The molecule has 1 rings (SSSR count). The Hall–Kier alpha value is -2.51. The van der Waals surface area contributed by atoms with Crippen molar-refractivity contribution in [2.24, 2.45) is 0 Å². The third-order valence-electron chi connectivity index (χ3n) is 2.91. The van der Waals surface area contributed by atoms with Gasteiger partial charge in [-0.3, -0.25) is 4.79 Å². The molecule has 0 saturated carbocycles. The zero-order valence-electron chi connectivity index (χ0n) is 12.8. The van der Waals surface area contributed by atoms with Crippen LogP contribution < -0.4 is 5.32 Å². The van der Waals surface area contributed by atoms with Crippen molar-refractivity contribution in [3.63, 3.8) is 0 Å². The van der Waals surface area contributed by atoms with Crippen molar-refractivity contribution in [1.82, 2.24) is 0 Å². The summed E-state index contributed by atoms with van der Waals surface area (Å²) in [6.07, 6.45) is -4.39. The first-order valence-corrected chi connectivity index (χ1v) is 6.47. The number of esters is 2. The summed E-state index contributed by atoms with van der Waals surface area (Å²) in [5, 5.41) is 2.17. The molecule has 0 aliphatic rings. The quantitative estimate of drug-likeness (QED) is 0.664. The number of halogens is 3. The topological polar surface area (TPSA) is 64.6 Å². The van der Waals surface area contributed by atoms with Crippen LogP contribution in [0.3, 0.4) is 0 Å². The van der Waals surface area contributed by atoms with Gasteiger partial charge in [-0.1, -0.05) is 12.1 Å². The molecule has 0 unspecified atom stereocenters. The molecule has 0 atom stereocenters. The largest absolute Gasteiger partial charge is 0.469 e. The van der Waals surface area contributed by atoms with E-state index in [9.17, 15) is 22.8 Å². The minimum Gasteiger partial charge on any atom is -0.469 e. The zero-order valence-corrected chi connectivity index (χ0v) is 12.8. The van der Waals surface area contributed by atoms with Crippen LogP contribution in [0.15, 0.2) is 30.0 Å². The highest BCUT2D eigenvalue weighted by molar-refractivity contribution is 5.83. The number of methoxy groups -OCH3 is 2. The monoisotopic (exact) mass is 331 g/mol. The van der Waals surface area contributed by atoms with Crippen LogP contribution >= 0.6 is 0 Å². The number of hydrogen-bond acceptors (Lipinski definition) is 5. The van der Waals surface area contributed by atoms with Crippen LogP contribution in [0.5, 0.6) is 0 Å². The van der Waals surface area contributed by atoms with Gasteiger partial charge >= 0.3 is 18.1 Å². The summed E-state index contributed by atoms with van der Waals surface area (Å²) < 4.78 is 47.5. The summed E-state index contributed by atoms with van der Waals surface area (Å²) in [4.78, 5) is 22.3. The van der Waals surface area contributed by atoms with Gasteiger partial charge < -0.3 is 14.8 Å². The van der Waals surface area contributed by atoms with E-state index in [-0.39, 0.29) is 12.1 Å². The predicted molar refractivity (Wildman–Crippen MR) is 76.7 cm³/mol. The van der Waals surface area contributed by atoms with Gasteiger partial charge in [-0.05, 0) is 24.1 Å². The Bertz CT molecular complexity index is 624. The highest BCUT2D eigenvalue weighted by atomic mass is 19.4. The van der Waals surface area contributed by atoms with Gasteiger partial charge in [0.2, 0.25) is 0 Å². The lowest BCUT2D eigenvalue weighted by Gasteiger charge is -2.16. The summed E-state index contributed by atoms with van der Waals surface area (Å²) in [5.74, 6) is -1.57. The lowest BCUT2D eigenvalue weighted by Crippen LogP contribution is -2.21. The second-order valence-electron chi connectivity index (χ2n) is 4.61. The summed E-state index contributed by atoms with van der Waals surface area (Å²) in [6.45, 7) is 1.58. The number of nitrogens with one attached hydrogen (secondary N) is 1. The fourth-order valence-corrected chi connectivity index (χ4v) is 1.73. The van der Waals surface area contributed by atoms with Crippen molar-refractivity contribution in [3.05, 3.63) is 41.1 Å². The van der Waals surface area contributed by atoms with E-state index in [4.69, 9.17) is 0 Å². The van der Waals surface area contributed by atoms with Gasteiger partial charge in [-0.25, -0.2) is 4.79 Å². The van der Waals surface area contributed by atoms with Crippen molar-refractivity contribution < 1.29 is 32.2 Å². The molecule has 0 fully saturated rings. The standard InChI is InChI=1S/C15H16F3NO4/c1-9-6-10(7-13(20)22-2)4-5-11(9)19-12(15(16,17)18)8-14(21)23-3/h4-6,8,19H,7H2,1-3H3. The molecule has 5 nitrogen and oxygen atoms in total. The van der Waals surface area contributed by atoms with Gasteiger partial charge in [0.05, 0.1) is 26.7 Å². The van der Waals surface area contributed by atoms with Crippen LogP contribution in [-0.4, -0.2) is 32.3 Å². The molecular formula is C15H16F3NO4. The molecule has 1 N–H and O–H groups in total. The number of anilines is 1. The summed E-state index contributed by atoms with van der Waals surface area (Å²) in [5.41, 5.74) is -0.00362. The maximum atomic E-state index is 12.9. The number of carbonyl (C=O) groups is 2. The molecule has 0 heterocycles. The number of carbonyl (C=O) groups excluding carboxylic acids is 2. The zero-order chi connectivity index (χ0) is 17.6. The predicted octanol–water partition coefficient (Wildman–Crippen LogP) is 2.74. The average molecular weight is 331 g/mol. The van der Waals surface area contributed by atoms with E-state index in [0.29, 0.717) is 17.2 Å². The third kappa shape index (κ3) is 5.65. The fraction of sp³-hybridized carbons (Fsp3) is 0.333. The number of rotatable bonds is 5. The molecular weight excluding hydrogens is 315 g/mol.